The number of aromatic hydroxyl groups is 2. The molecule has 0 fully saturated rings. The Balaban J connectivity index is 2.12. The highest BCUT2D eigenvalue weighted by Gasteiger charge is 2.18. The van der Waals surface area contributed by atoms with Crippen LogP contribution in [0.1, 0.15) is 49.9 Å². The van der Waals surface area contributed by atoms with E-state index in [9.17, 15) is 10.2 Å². The van der Waals surface area contributed by atoms with Crippen molar-refractivity contribution < 1.29 is 10.2 Å². The standard InChI is InChI=1S/C23H30N2O2/c1-15-7-9-21(26)19(11-15)17(3)24-13-23(5,6)14-25-18(4)20-12-16(2)8-10-22(20)27/h7-12,26-27H,13-14H2,1-6H3. The Labute approximate surface area is 162 Å². The van der Waals surface area contributed by atoms with E-state index in [1.807, 2.05) is 52.0 Å². The van der Waals surface area contributed by atoms with Crippen LogP contribution in [0.5, 0.6) is 11.5 Å². The minimum Gasteiger partial charge on any atom is -0.507 e. The van der Waals surface area contributed by atoms with Gasteiger partial charge in [0.25, 0.3) is 0 Å². The number of rotatable bonds is 6. The summed E-state index contributed by atoms with van der Waals surface area (Å²) in [6.45, 7) is 13.3. The summed E-state index contributed by atoms with van der Waals surface area (Å²) in [7, 11) is 0. The van der Waals surface area contributed by atoms with Crippen molar-refractivity contribution in [3.63, 3.8) is 0 Å². The van der Waals surface area contributed by atoms with Crippen molar-refractivity contribution in [3.05, 3.63) is 58.7 Å². The molecule has 0 radical (unpaired) electrons. The SMILES string of the molecule is CC(=NCC(C)(C)CN=C(C)c1cc(C)ccc1O)c1cc(C)ccc1O. The number of aryl methyl sites for hydroxylation is 2. The Bertz CT molecular complexity index is 808. The average molecular weight is 367 g/mol. The Hall–Kier alpha value is -2.62. The van der Waals surface area contributed by atoms with Gasteiger partial charge < -0.3 is 10.2 Å². The fourth-order valence-corrected chi connectivity index (χ4v) is 2.76. The molecule has 0 saturated heterocycles. The number of hydrogen-bond acceptors (Lipinski definition) is 4. The molecule has 2 aromatic rings. The number of hydrogen-bond donors (Lipinski definition) is 2. The minimum absolute atomic E-state index is 0.137. The molecular formula is C23H30N2O2. The number of aliphatic imine (C=N–C) groups is 2. The number of benzene rings is 2. The van der Waals surface area contributed by atoms with Crippen LogP contribution in [0.25, 0.3) is 0 Å². The number of phenolic OH excluding ortho intramolecular Hbond substituents is 2. The molecule has 0 amide bonds. The summed E-state index contributed by atoms with van der Waals surface area (Å²) in [5, 5.41) is 20.1. The van der Waals surface area contributed by atoms with E-state index in [-0.39, 0.29) is 16.9 Å². The number of nitrogens with zero attached hydrogens (tertiary/aromatic N) is 2. The van der Waals surface area contributed by atoms with Gasteiger partial charge in [-0.15, -0.1) is 0 Å². The van der Waals surface area contributed by atoms with Crippen LogP contribution in [0.15, 0.2) is 46.4 Å². The van der Waals surface area contributed by atoms with E-state index >= 15 is 0 Å². The van der Waals surface area contributed by atoms with E-state index in [1.165, 1.54) is 0 Å². The Morgan fingerprint density at radius 3 is 1.52 bits per heavy atom. The second kappa shape index (κ2) is 8.38. The van der Waals surface area contributed by atoms with Crippen LogP contribution >= 0.6 is 0 Å². The summed E-state index contributed by atoms with van der Waals surface area (Å²) < 4.78 is 0. The van der Waals surface area contributed by atoms with Crippen LogP contribution in [0.2, 0.25) is 0 Å². The maximum Gasteiger partial charge on any atom is 0.124 e. The fraction of sp³-hybridized carbons (Fsp3) is 0.391. The van der Waals surface area contributed by atoms with Gasteiger partial charge >= 0.3 is 0 Å². The number of phenols is 2. The van der Waals surface area contributed by atoms with Crippen molar-refractivity contribution in [2.75, 3.05) is 13.1 Å². The Morgan fingerprint density at radius 1 is 0.778 bits per heavy atom. The van der Waals surface area contributed by atoms with Crippen LogP contribution in [0.4, 0.5) is 0 Å². The van der Waals surface area contributed by atoms with Crippen LogP contribution < -0.4 is 0 Å². The highest BCUT2D eigenvalue weighted by molar-refractivity contribution is 6.01. The summed E-state index contributed by atoms with van der Waals surface area (Å²) in [5.74, 6) is 0.506. The molecule has 0 aliphatic carbocycles. The second-order valence-electron chi connectivity index (χ2n) is 8.01. The molecule has 2 rings (SSSR count). The summed E-state index contributed by atoms with van der Waals surface area (Å²) in [5.41, 5.74) is 5.24. The molecule has 0 bridgehead atoms. The minimum atomic E-state index is -0.137. The molecule has 0 aliphatic rings. The molecule has 0 heterocycles. The van der Waals surface area contributed by atoms with Gasteiger partial charge in [0.05, 0.1) is 0 Å². The molecule has 0 aromatic heterocycles. The lowest BCUT2D eigenvalue weighted by atomic mass is 9.93. The van der Waals surface area contributed by atoms with Crippen LogP contribution in [-0.2, 0) is 0 Å². The van der Waals surface area contributed by atoms with Gasteiger partial charge in [0.15, 0.2) is 0 Å². The summed E-state index contributed by atoms with van der Waals surface area (Å²) in [4.78, 5) is 9.38. The van der Waals surface area contributed by atoms with Crippen LogP contribution in [0, 0.1) is 19.3 Å². The third kappa shape index (κ3) is 5.68. The first-order valence-corrected chi connectivity index (χ1v) is 9.21. The van der Waals surface area contributed by atoms with Crippen molar-refractivity contribution in [1.82, 2.24) is 0 Å². The molecule has 144 valence electrons. The van der Waals surface area contributed by atoms with E-state index < -0.39 is 0 Å². The van der Waals surface area contributed by atoms with Gasteiger partial charge in [-0.05, 0) is 52.0 Å². The zero-order chi connectivity index (χ0) is 20.2. The highest BCUT2D eigenvalue weighted by atomic mass is 16.3. The topological polar surface area (TPSA) is 65.2 Å². The lowest BCUT2D eigenvalue weighted by Crippen LogP contribution is -2.21. The lowest BCUT2D eigenvalue weighted by Gasteiger charge is -2.21. The predicted molar refractivity (Wildman–Crippen MR) is 114 cm³/mol. The molecule has 27 heavy (non-hydrogen) atoms. The maximum absolute atomic E-state index is 10.1. The first-order valence-electron chi connectivity index (χ1n) is 9.21. The second-order valence-corrected chi connectivity index (χ2v) is 8.01. The molecule has 2 aromatic carbocycles. The van der Waals surface area contributed by atoms with Gasteiger partial charge in [-0.1, -0.05) is 37.1 Å². The zero-order valence-electron chi connectivity index (χ0n) is 17.2. The summed E-state index contributed by atoms with van der Waals surface area (Å²) in [6.07, 6.45) is 0. The summed E-state index contributed by atoms with van der Waals surface area (Å²) >= 11 is 0. The molecular weight excluding hydrogens is 336 g/mol. The first-order chi connectivity index (χ1) is 12.6. The first kappa shape index (κ1) is 20.7. The highest BCUT2D eigenvalue weighted by Crippen LogP contribution is 2.23. The smallest absolute Gasteiger partial charge is 0.124 e. The van der Waals surface area contributed by atoms with E-state index in [2.05, 4.69) is 23.8 Å². The predicted octanol–water partition coefficient (Wildman–Crippen LogP) is 5.06. The average Bonchev–Trinajstić information content (AvgIpc) is 2.62. The molecule has 0 spiro atoms. The third-order valence-electron chi connectivity index (χ3n) is 4.57. The molecule has 0 saturated carbocycles. The quantitative estimate of drug-likeness (QED) is 0.702. The van der Waals surface area contributed by atoms with Gasteiger partial charge in [-0.3, -0.25) is 9.98 Å². The van der Waals surface area contributed by atoms with Gasteiger partial charge in [-0.25, -0.2) is 0 Å². The van der Waals surface area contributed by atoms with Gasteiger partial charge in [-0.2, -0.15) is 0 Å². The Kier molecular flexibility index (Phi) is 6.42. The fourth-order valence-electron chi connectivity index (χ4n) is 2.76. The molecule has 4 heteroatoms. The maximum atomic E-state index is 10.1. The largest absolute Gasteiger partial charge is 0.507 e. The normalized spacial score (nSPS) is 13.1. The van der Waals surface area contributed by atoms with Gasteiger partial charge in [0, 0.05) is 41.1 Å². The third-order valence-corrected chi connectivity index (χ3v) is 4.57. The van der Waals surface area contributed by atoms with Crippen molar-refractivity contribution in [1.29, 1.82) is 0 Å². The van der Waals surface area contributed by atoms with Crippen molar-refractivity contribution >= 4 is 11.4 Å². The van der Waals surface area contributed by atoms with Crippen LogP contribution in [-0.4, -0.2) is 34.7 Å². The van der Waals surface area contributed by atoms with E-state index in [0.717, 1.165) is 33.7 Å². The zero-order valence-corrected chi connectivity index (χ0v) is 17.2. The van der Waals surface area contributed by atoms with Crippen molar-refractivity contribution in [2.45, 2.75) is 41.5 Å². The van der Waals surface area contributed by atoms with E-state index in [1.54, 1.807) is 12.1 Å². The monoisotopic (exact) mass is 366 g/mol. The van der Waals surface area contributed by atoms with Crippen molar-refractivity contribution in [2.24, 2.45) is 15.4 Å². The molecule has 0 aliphatic heterocycles. The molecule has 0 atom stereocenters. The van der Waals surface area contributed by atoms with Gasteiger partial charge in [0.2, 0.25) is 0 Å². The lowest BCUT2D eigenvalue weighted by molar-refractivity contribution is 0.395. The van der Waals surface area contributed by atoms with Crippen LogP contribution in [0.3, 0.4) is 0 Å². The van der Waals surface area contributed by atoms with E-state index in [4.69, 9.17) is 0 Å². The molecule has 2 N–H and O–H groups in total. The summed E-state index contributed by atoms with van der Waals surface area (Å²) in [6, 6.07) is 11.1. The van der Waals surface area contributed by atoms with Gasteiger partial charge in [0.1, 0.15) is 11.5 Å². The molecule has 4 nitrogen and oxygen atoms in total. The van der Waals surface area contributed by atoms with Crippen molar-refractivity contribution in [3.8, 4) is 11.5 Å². The molecule has 0 unspecified atom stereocenters. The Morgan fingerprint density at radius 2 is 1.15 bits per heavy atom. The van der Waals surface area contributed by atoms with E-state index in [0.29, 0.717) is 13.1 Å².